The van der Waals surface area contributed by atoms with Crippen LogP contribution < -0.4 is 15.2 Å². The van der Waals surface area contributed by atoms with Crippen molar-refractivity contribution in [3.05, 3.63) is 58.3 Å². The summed E-state index contributed by atoms with van der Waals surface area (Å²) in [6.45, 7) is 3.37. The zero-order valence-electron chi connectivity index (χ0n) is 18.5. The summed E-state index contributed by atoms with van der Waals surface area (Å²) < 4.78 is 8.60. The van der Waals surface area contributed by atoms with Gasteiger partial charge in [0.05, 0.1) is 12.8 Å². The van der Waals surface area contributed by atoms with E-state index in [4.69, 9.17) is 4.74 Å². The van der Waals surface area contributed by atoms with E-state index in [-0.39, 0.29) is 11.5 Å². The number of benzene rings is 1. The van der Waals surface area contributed by atoms with Crippen LogP contribution in [0.15, 0.2) is 41.5 Å². The molecule has 3 heterocycles. The van der Waals surface area contributed by atoms with Crippen molar-refractivity contribution >= 4 is 17.1 Å². The third-order valence-electron chi connectivity index (χ3n) is 6.67. The second-order valence-corrected chi connectivity index (χ2v) is 8.54. The van der Waals surface area contributed by atoms with E-state index in [0.29, 0.717) is 31.6 Å². The van der Waals surface area contributed by atoms with Crippen molar-refractivity contribution in [2.24, 2.45) is 0 Å². The predicted octanol–water partition coefficient (Wildman–Crippen LogP) is 2.12. The molecule has 1 fully saturated rings. The fourth-order valence-electron chi connectivity index (χ4n) is 4.81. The van der Waals surface area contributed by atoms with Crippen molar-refractivity contribution in [2.75, 3.05) is 38.2 Å². The third kappa shape index (κ3) is 3.85. The van der Waals surface area contributed by atoms with Crippen LogP contribution in [-0.2, 0) is 24.2 Å². The number of hydrogen-bond acceptors (Lipinski definition) is 5. The van der Waals surface area contributed by atoms with Gasteiger partial charge in [-0.05, 0) is 49.9 Å². The second kappa shape index (κ2) is 8.68. The van der Waals surface area contributed by atoms with Gasteiger partial charge in [0.2, 0.25) is 5.91 Å². The highest BCUT2D eigenvalue weighted by Gasteiger charge is 2.22. The monoisotopic (exact) mass is 435 g/mol. The van der Waals surface area contributed by atoms with Gasteiger partial charge in [0, 0.05) is 62.8 Å². The Labute approximate surface area is 187 Å². The Hall–Kier alpha value is -3.29. The highest BCUT2D eigenvalue weighted by Crippen LogP contribution is 2.23. The molecule has 2 aliphatic rings. The molecule has 168 valence electrons. The molecule has 0 spiro atoms. The first kappa shape index (κ1) is 20.6. The Morgan fingerprint density at radius 1 is 1.03 bits per heavy atom. The van der Waals surface area contributed by atoms with Crippen LogP contribution in [0.1, 0.15) is 30.5 Å². The SMILES string of the molecule is COc1ccc(N2CCN(C(=O)CCn3ccn4nc5c(c4c3=O)CCCC5)CC2)cc1. The number of fused-ring (bicyclic) bond motifs is 3. The number of carbonyl (C=O) groups is 1. The molecule has 3 aromatic rings. The molecule has 2 aromatic heterocycles. The molecule has 1 aliphatic carbocycles. The van der Waals surface area contributed by atoms with E-state index in [2.05, 4.69) is 10.00 Å². The molecule has 0 N–H and O–H groups in total. The summed E-state index contributed by atoms with van der Waals surface area (Å²) in [4.78, 5) is 30.1. The molecule has 0 saturated carbocycles. The fourth-order valence-corrected chi connectivity index (χ4v) is 4.81. The number of rotatable bonds is 5. The number of methoxy groups -OCH3 is 1. The summed E-state index contributed by atoms with van der Waals surface area (Å²) in [5, 5.41) is 4.58. The third-order valence-corrected chi connectivity index (χ3v) is 6.67. The molecule has 8 heteroatoms. The molecule has 0 radical (unpaired) electrons. The fraction of sp³-hybridized carbons (Fsp3) is 0.458. The van der Waals surface area contributed by atoms with Gasteiger partial charge in [-0.3, -0.25) is 9.59 Å². The highest BCUT2D eigenvalue weighted by atomic mass is 16.5. The molecule has 32 heavy (non-hydrogen) atoms. The lowest BCUT2D eigenvalue weighted by atomic mass is 9.97. The van der Waals surface area contributed by atoms with E-state index in [1.54, 1.807) is 22.4 Å². The van der Waals surface area contributed by atoms with Crippen LogP contribution in [0.4, 0.5) is 5.69 Å². The van der Waals surface area contributed by atoms with Crippen molar-refractivity contribution in [1.82, 2.24) is 19.1 Å². The standard InChI is InChI=1S/C24H29N5O3/c1-32-19-8-6-18(7-9-19)26-12-14-27(15-13-26)22(30)10-11-28-16-17-29-23(24(28)31)20-4-2-3-5-21(20)25-29/h6-9,16-17H,2-5,10-15H2,1H3. The molecule has 0 bridgehead atoms. The molecule has 1 saturated heterocycles. The van der Waals surface area contributed by atoms with Crippen LogP contribution in [0.5, 0.6) is 5.75 Å². The molecular weight excluding hydrogens is 406 g/mol. The summed E-state index contributed by atoms with van der Waals surface area (Å²) in [6.07, 6.45) is 8.01. The normalized spacial score (nSPS) is 16.3. The summed E-state index contributed by atoms with van der Waals surface area (Å²) in [5.74, 6) is 0.939. The van der Waals surface area contributed by atoms with Crippen LogP contribution in [-0.4, -0.2) is 58.3 Å². The first-order valence-corrected chi connectivity index (χ1v) is 11.4. The summed E-state index contributed by atoms with van der Waals surface area (Å²) in [5.41, 5.74) is 3.93. The van der Waals surface area contributed by atoms with E-state index in [9.17, 15) is 9.59 Å². The first-order valence-electron chi connectivity index (χ1n) is 11.4. The van der Waals surface area contributed by atoms with E-state index >= 15 is 0 Å². The smallest absolute Gasteiger partial charge is 0.276 e. The minimum absolute atomic E-state index is 0.0414. The maximum absolute atomic E-state index is 13.1. The zero-order chi connectivity index (χ0) is 22.1. The van der Waals surface area contributed by atoms with Crippen LogP contribution >= 0.6 is 0 Å². The molecular formula is C24H29N5O3. The topological polar surface area (TPSA) is 72.1 Å². The van der Waals surface area contributed by atoms with Gasteiger partial charge in [0.1, 0.15) is 11.3 Å². The molecule has 0 unspecified atom stereocenters. The van der Waals surface area contributed by atoms with Gasteiger partial charge in [-0.15, -0.1) is 0 Å². The number of hydrogen-bond donors (Lipinski definition) is 0. The Balaban J connectivity index is 1.20. The highest BCUT2D eigenvalue weighted by molar-refractivity contribution is 5.76. The first-order chi connectivity index (χ1) is 15.6. The molecule has 5 rings (SSSR count). The van der Waals surface area contributed by atoms with Gasteiger partial charge in [-0.1, -0.05) is 0 Å². The predicted molar refractivity (Wildman–Crippen MR) is 122 cm³/mol. The summed E-state index contributed by atoms with van der Waals surface area (Å²) in [7, 11) is 1.66. The quantitative estimate of drug-likeness (QED) is 0.614. The number of ether oxygens (including phenoxy) is 1. The van der Waals surface area contributed by atoms with E-state index in [0.717, 1.165) is 61.5 Å². The molecule has 1 aromatic carbocycles. The van der Waals surface area contributed by atoms with Gasteiger partial charge < -0.3 is 19.1 Å². The van der Waals surface area contributed by atoms with Crippen LogP contribution in [0.25, 0.3) is 5.52 Å². The number of amides is 1. The van der Waals surface area contributed by atoms with Crippen molar-refractivity contribution in [3.63, 3.8) is 0 Å². The maximum atomic E-state index is 13.1. The number of anilines is 1. The van der Waals surface area contributed by atoms with Gasteiger partial charge in [0.15, 0.2) is 0 Å². The lowest BCUT2D eigenvalue weighted by Gasteiger charge is -2.36. The Morgan fingerprint density at radius 3 is 2.53 bits per heavy atom. The number of piperazine rings is 1. The van der Waals surface area contributed by atoms with Crippen molar-refractivity contribution < 1.29 is 9.53 Å². The maximum Gasteiger partial charge on any atom is 0.276 e. The largest absolute Gasteiger partial charge is 0.497 e. The zero-order valence-corrected chi connectivity index (χ0v) is 18.5. The lowest BCUT2D eigenvalue weighted by Crippen LogP contribution is -2.49. The molecule has 8 nitrogen and oxygen atoms in total. The lowest BCUT2D eigenvalue weighted by molar-refractivity contribution is -0.131. The van der Waals surface area contributed by atoms with Crippen molar-refractivity contribution in [2.45, 2.75) is 38.6 Å². The van der Waals surface area contributed by atoms with Gasteiger partial charge in [-0.2, -0.15) is 5.10 Å². The van der Waals surface area contributed by atoms with Crippen LogP contribution in [0.2, 0.25) is 0 Å². The van der Waals surface area contributed by atoms with Crippen molar-refractivity contribution in [3.8, 4) is 5.75 Å². The summed E-state index contributed by atoms with van der Waals surface area (Å²) >= 11 is 0. The Morgan fingerprint density at radius 2 is 1.78 bits per heavy atom. The average Bonchev–Trinajstić information content (AvgIpc) is 3.23. The number of carbonyl (C=O) groups excluding carboxylic acids is 1. The van der Waals surface area contributed by atoms with Crippen LogP contribution in [0.3, 0.4) is 0 Å². The summed E-state index contributed by atoms with van der Waals surface area (Å²) in [6, 6.07) is 8.01. The van der Waals surface area contributed by atoms with E-state index in [1.807, 2.05) is 35.4 Å². The van der Waals surface area contributed by atoms with Gasteiger partial charge in [0.25, 0.3) is 5.56 Å². The average molecular weight is 436 g/mol. The second-order valence-electron chi connectivity index (χ2n) is 8.54. The number of aromatic nitrogens is 3. The Kier molecular flexibility index (Phi) is 5.59. The number of nitrogens with zero attached hydrogens (tertiary/aromatic N) is 5. The molecule has 1 amide bonds. The van der Waals surface area contributed by atoms with Crippen molar-refractivity contribution in [1.29, 1.82) is 0 Å². The molecule has 0 atom stereocenters. The molecule has 1 aliphatic heterocycles. The number of aryl methyl sites for hydroxylation is 3. The van der Waals surface area contributed by atoms with E-state index < -0.39 is 0 Å². The minimum atomic E-state index is -0.0414. The van der Waals surface area contributed by atoms with E-state index in [1.165, 1.54) is 0 Å². The minimum Gasteiger partial charge on any atom is -0.497 e. The van der Waals surface area contributed by atoms with Gasteiger partial charge in [-0.25, -0.2) is 4.52 Å². The van der Waals surface area contributed by atoms with Gasteiger partial charge >= 0.3 is 0 Å². The Bertz CT molecular complexity index is 1170. The van der Waals surface area contributed by atoms with Crippen LogP contribution in [0, 0.1) is 0 Å².